The van der Waals surface area contributed by atoms with E-state index in [0.29, 0.717) is 37.6 Å². The summed E-state index contributed by atoms with van der Waals surface area (Å²) in [5, 5.41) is 2.82. The predicted octanol–water partition coefficient (Wildman–Crippen LogP) is 1.35. The Morgan fingerprint density at radius 3 is 2.58 bits per heavy atom. The number of pyridine rings is 1. The average molecular weight is 359 g/mol. The average Bonchev–Trinajstić information content (AvgIpc) is 2.64. The predicted molar refractivity (Wildman–Crippen MR) is 96.3 cm³/mol. The van der Waals surface area contributed by atoms with Gasteiger partial charge in [0.25, 0.3) is 11.5 Å². The van der Waals surface area contributed by atoms with Crippen molar-refractivity contribution in [2.24, 2.45) is 0 Å². The zero-order valence-corrected chi connectivity index (χ0v) is 14.7. The van der Waals surface area contributed by atoms with Crippen LogP contribution in [0.15, 0.2) is 41.3 Å². The van der Waals surface area contributed by atoms with Gasteiger partial charge in [0.1, 0.15) is 11.4 Å². The first kappa shape index (κ1) is 18.3. The minimum Gasteiger partial charge on any atom is -0.379 e. The number of hydrogen-bond donors (Lipinski definition) is 1. The fourth-order valence-corrected chi connectivity index (χ4v) is 2.95. The molecule has 0 saturated carbocycles. The largest absolute Gasteiger partial charge is 0.379 e. The standard InChI is InChI=1S/C19H22FN3O3/c1-14-6-8-23(16-4-2-15(20)3-5-16)19(25)17(14)18(24)21-7-9-22-10-12-26-13-11-22/h2-6,8H,7,9-13H2,1H3,(H,21,24). The molecule has 0 spiro atoms. The fourth-order valence-electron chi connectivity index (χ4n) is 2.95. The van der Waals surface area contributed by atoms with Crippen molar-refractivity contribution in [3.63, 3.8) is 0 Å². The third-order valence-electron chi connectivity index (χ3n) is 4.45. The van der Waals surface area contributed by atoms with Crippen molar-refractivity contribution in [3.8, 4) is 5.69 Å². The molecule has 1 saturated heterocycles. The van der Waals surface area contributed by atoms with Crippen molar-refractivity contribution in [3.05, 3.63) is 63.8 Å². The van der Waals surface area contributed by atoms with Crippen LogP contribution in [0.25, 0.3) is 5.69 Å². The molecule has 3 rings (SSSR count). The number of carbonyl (C=O) groups excluding carboxylic acids is 1. The third-order valence-corrected chi connectivity index (χ3v) is 4.45. The summed E-state index contributed by atoms with van der Waals surface area (Å²) in [6.07, 6.45) is 1.59. The van der Waals surface area contributed by atoms with Crippen molar-refractivity contribution in [2.45, 2.75) is 6.92 Å². The zero-order chi connectivity index (χ0) is 18.5. The summed E-state index contributed by atoms with van der Waals surface area (Å²) in [6.45, 7) is 6.00. The molecule has 6 nitrogen and oxygen atoms in total. The Labute approximate surface area is 151 Å². The van der Waals surface area contributed by atoms with Crippen LogP contribution in [-0.4, -0.2) is 54.8 Å². The maximum Gasteiger partial charge on any atom is 0.268 e. The van der Waals surface area contributed by atoms with Crippen LogP contribution in [0.4, 0.5) is 4.39 Å². The van der Waals surface area contributed by atoms with Gasteiger partial charge in [-0.15, -0.1) is 0 Å². The first-order valence-corrected chi connectivity index (χ1v) is 8.63. The normalized spacial score (nSPS) is 15.0. The molecule has 1 N–H and O–H groups in total. The molecule has 1 fully saturated rings. The number of nitrogens with zero attached hydrogens (tertiary/aromatic N) is 2. The smallest absolute Gasteiger partial charge is 0.268 e. The van der Waals surface area contributed by atoms with Gasteiger partial charge in [-0.1, -0.05) is 0 Å². The number of aromatic nitrogens is 1. The van der Waals surface area contributed by atoms with Crippen LogP contribution in [0.3, 0.4) is 0 Å². The molecule has 1 aliphatic heterocycles. The number of ether oxygens (including phenoxy) is 1. The van der Waals surface area contributed by atoms with Crippen LogP contribution in [0, 0.1) is 12.7 Å². The summed E-state index contributed by atoms with van der Waals surface area (Å²) in [7, 11) is 0. The van der Waals surface area contributed by atoms with E-state index in [4.69, 9.17) is 4.74 Å². The molecule has 138 valence electrons. The lowest BCUT2D eigenvalue weighted by Crippen LogP contribution is -2.42. The number of amides is 1. The molecule has 2 aromatic rings. The van der Waals surface area contributed by atoms with Crippen molar-refractivity contribution in [2.75, 3.05) is 39.4 Å². The second kappa shape index (κ2) is 8.25. The van der Waals surface area contributed by atoms with Gasteiger partial charge in [0.05, 0.1) is 13.2 Å². The van der Waals surface area contributed by atoms with Crippen LogP contribution in [-0.2, 0) is 4.74 Å². The van der Waals surface area contributed by atoms with Crippen molar-refractivity contribution >= 4 is 5.91 Å². The van der Waals surface area contributed by atoms with E-state index in [1.165, 1.54) is 28.8 Å². The van der Waals surface area contributed by atoms with Crippen molar-refractivity contribution in [1.82, 2.24) is 14.8 Å². The highest BCUT2D eigenvalue weighted by Crippen LogP contribution is 2.09. The number of rotatable bonds is 5. The quantitative estimate of drug-likeness (QED) is 0.875. The molecule has 0 atom stereocenters. The summed E-state index contributed by atoms with van der Waals surface area (Å²) < 4.78 is 19.7. The molecule has 0 unspecified atom stereocenters. The van der Waals surface area contributed by atoms with Crippen LogP contribution < -0.4 is 10.9 Å². The van der Waals surface area contributed by atoms with E-state index in [1.54, 1.807) is 19.2 Å². The van der Waals surface area contributed by atoms with Crippen LogP contribution in [0.1, 0.15) is 15.9 Å². The van der Waals surface area contributed by atoms with Crippen LogP contribution >= 0.6 is 0 Å². The molecule has 0 bridgehead atoms. The molecule has 0 aliphatic carbocycles. The number of halogens is 1. The van der Waals surface area contributed by atoms with Crippen molar-refractivity contribution in [1.29, 1.82) is 0 Å². The lowest BCUT2D eigenvalue weighted by Gasteiger charge is -2.26. The van der Waals surface area contributed by atoms with E-state index >= 15 is 0 Å². The van der Waals surface area contributed by atoms with Gasteiger partial charge in [-0.2, -0.15) is 0 Å². The van der Waals surface area contributed by atoms with Crippen LogP contribution in [0.5, 0.6) is 0 Å². The van der Waals surface area contributed by atoms with E-state index in [2.05, 4.69) is 10.2 Å². The summed E-state index contributed by atoms with van der Waals surface area (Å²) >= 11 is 0. The molecule has 7 heteroatoms. The topological polar surface area (TPSA) is 63.6 Å². The van der Waals surface area contributed by atoms with Gasteiger partial charge in [-0.3, -0.25) is 19.1 Å². The fraction of sp³-hybridized carbons (Fsp3) is 0.368. The molecular formula is C19H22FN3O3. The number of carbonyl (C=O) groups is 1. The summed E-state index contributed by atoms with van der Waals surface area (Å²) in [4.78, 5) is 27.5. The third kappa shape index (κ3) is 4.17. The summed E-state index contributed by atoms with van der Waals surface area (Å²) in [5.74, 6) is -0.771. The minimum atomic E-state index is -0.416. The SMILES string of the molecule is Cc1ccn(-c2ccc(F)cc2)c(=O)c1C(=O)NCCN1CCOCC1. The minimum absolute atomic E-state index is 0.110. The molecular weight excluding hydrogens is 337 g/mol. The van der Waals surface area contributed by atoms with Gasteiger partial charge in [0.15, 0.2) is 0 Å². The van der Waals surface area contributed by atoms with E-state index in [-0.39, 0.29) is 11.4 Å². The number of benzene rings is 1. The monoisotopic (exact) mass is 359 g/mol. The second-order valence-corrected chi connectivity index (χ2v) is 6.24. The Morgan fingerprint density at radius 1 is 1.19 bits per heavy atom. The van der Waals surface area contributed by atoms with Gasteiger partial charge in [0.2, 0.25) is 0 Å². The molecule has 1 amide bonds. The summed E-state index contributed by atoms with van der Waals surface area (Å²) in [5.41, 5.74) is 0.815. The Bertz CT molecular complexity index is 827. The number of hydrogen-bond acceptors (Lipinski definition) is 4. The highest BCUT2D eigenvalue weighted by molar-refractivity contribution is 5.95. The number of morpholine rings is 1. The highest BCUT2D eigenvalue weighted by Gasteiger charge is 2.17. The second-order valence-electron chi connectivity index (χ2n) is 6.24. The van der Waals surface area contributed by atoms with E-state index in [0.717, 1.165) is 13.1 Å². The Balaban J connectivity index is 1.73. The lowest BCUT2D eigenvalue weighted by molar-refractivity contribution is 0.0383. The van der Waals surface area contributed by atoms with Gasteiger partial charge in [0, 0.05) is 38.1 Å². The van der Waals surface area contributed by atoms with Gasteiger partial charge in [-0.05, 0) is 42.8 Å². The first-order chi connectivity index (χ1) is 12.6. The summed E-state index contributed by atoms with van der Waals surface area (Å²) in [6, 6.07) is 7.29. The lowest BCUT2D eigenvalue weighted by atomic mass is 10.1. The maximum atomic E-state index is 13.1. The highest BCUT2D eigenvalue weighted by atomic mass is 19.1. The molecule has 1 aliphatic rings. The Morgan fingerprint density at radius 2 is 1.88 bits per heavy atom. The van der Waals surface area contributed by atoms with E-state index < -0.39 is 11.5 Å². The van der Waals surface area contributed by atoms with Gasteiger partial charge in [-0.25, -0.2) is 4.39 Å². The van der Waals surface area contributed by atoms with Gasteiger partial charge >= 0.3 is 0 Å². The molecule has 26 heavy (non-hydrogen) atoms. The van der Waals surface area contributed by atoms with Crippen molar-refractivity contribution < 1.29 is 13.9 Å². The first-order valence-electron chi connectivity index (χ1n) is 8.63. The molecule has 1 aromatic carbocycles. The van der Waals surface area contributed by atoms with E-state index in [1.807, 2.05) is 0 Å². The number of aryl methyl sites for hydroxylation is 1. The molecule has 0 radical (unpaired) electrons. The maximum absolute atomic E-state index is 13.1. The Hall–Kier alpha value is -2.51. The zero-order valence-electron chi connectivity index (χ0n) is 14.7. The Kier molecular flexibility index (Phi) is 5.80. The molecule has 1 aromatic heterocycles. The van der Waals surface area contributed by atoms with E-state index in [9.17, 15) is 14.0 Å². The molecule has 2 heterocycles. The van der Waals surface area contributed by atoms with Gasteiger partial charge < -0.3 is 10.1 Å². The van der Waals surface area contributed by atoms with Crippen LogP contribution in [0.2, 0.25) is 0 Å². The number of nitrogens with one attached hydrogen (secondary N) is 1.